The third-order valence-electron chi connectivity index (χ3n) is 3.36. The lowest BCUT2D eigenvalue weighted by Crippen LogP contribution is -2.10. The molecule has 0 fully saturated rings. The highest BCUT2D eigenvalue weighted by Gasteiger charge is 2.20. The number of hydrogen-bond donors (Lipinski definition) is 4. The minimum Gasteiger partial charge on any atom is -0.478 e. The van der Waals surface area contributed by atoms with Gasteiger partial charge in [0.1, 0.15) is 0 Å². The van der Waals surface area contributed by atoms with Gasteiger partial charge in [0.15, 0.2) is 0 Å². The predicted octanol–water partition coefficient (Wildman–Crippen LogP) is 1.88. The molecule has 8 nitrogen and oxygen atoms in total. The van der Waals surface area contributed by atoms with Gasteiger partial charge in [0.25, 0.3) is 0 Å². The molecule has 0 atom stereocenters. The SMILES string of the molecule is O=C(O)c1cccc(C(=O)O)c1C#Cc1cccc(C(=O)O)c1C(=O)O. The highest BCUT2D eigenvalue weighted by molar-refractivity contribution is 6.04. The molecule has 4 N–H and O–H groups in total. The third kappa shape index (κ3) is 3.52. The summed E-state index contributed by atoms with van der Waals surface area (Å²) in [5, 5.41) is 36.7. The average molecular weight is 354 g/mol. The zero-order chi connectivity index (χ0) is 19.4. The van der Waals surface area contributed by atoms with Gasteiger partial charge in [0, 0.05) is 5.56 Å². The molecule has 2 aromatic carbocycles. The van der Waals surface area contributed by atoms with Crippen molar-refractivity contribution in [3.63, 3.8) is 0 Å². The number of aromatic carboxylic acids is 4. The van der Waals surface area contributed by atoms with Crippen molar-refractivity contribution in [3.8, 4) is 11.8 Å². The van der Waals surface area contributed by atoms with Crippen LogP contribution in [0.2, 0.25) is 0 Å². The first kappa shape index (κ1) is 18.2. The van der Waals surface area contributed by atoms with Crippen molar-refractivity contribution in [2.24, 2.45) is 0 Å². The van der Waals surface area contributed by atoms with E-state index in [0.29, 0.717) is 0 Å². The molecule has 0 unspecified atom stereocenters. The highest BCUT2D eigenvalue weighted by Crippen LogP contribution is 2.17. The molecule has 0 aromatic heterocycles. The summed E-state index contributed by atoms with van der Waals surface area (Å²) in [6.45, 7) is 0. The van der Waals surface area contributed by atoms with E-state index in [1.807, 2.05) is 0 Å². The van der Waals surface area contributed by atoms with Crippen LogP contribution in [0.4, 0.5) is 0 Å². The molecular weight excluding hydrogens is 344 g/mol. The molecule has 0 aliphatic carbocycles. The van der Waals surface area contributed by atoms with E-state index in [2.05, 4.69) is 11.8 Å². The van der Waals surface area contributed by atoms with Gasteiger partial charge in [0.05, 0.1) is 27.8 Å². The molecule has 0 spiro atoms. The molecule has 2 aromatic rings. The summed E-state index contributed by atoms with van der Waals surface area (Å²) in [7, 11) is 0. The third-order valence-corrected chi connectivity index (χ3v) is 3.36. The Morgan fingerprint density at radius 2 is 1.08 bits per heavy atom. The van der Waals surface area contributed by atoms with Crippen molar-refractivity contribution in [1.82, 2.24) is 0 Å². The molecule has 0 amide bonds. The summed E-state index contributed by atoms with van der Waals surface area (Å²) in [6, 6.07) is 7.17. The second-order valence-electron chi connectivity index (χ2n) is 4.93. The minimum absolute atomic E-state index is 0.186. The highest BCUT2D eigenvalue weighted by atomic mass is 16.4. The number of carbonyl (C=O) groups is 4. The smallest absolute Gasteiger partial charge is 0.337 e. The van der Waals surface area contributed by atoms with Crippen LogP contribution in [-0.2, 0) is 0 Å². The fourth-order valence-electron chi connectivity index (χ4n) is 2.24. The zero-order valence-corrected chi connectivity index (χ0v) is 12.9. The van der Waals surface area contributed by atoms with E-state index in [0.717, 1.165) is 18.2 Å². The summed E-state index contributed by atoms with van der Waals surface area (Å²) in [5.41, 5.74) is -2.31. The Kier molecular flexibility index (Phi) is 5.04. The van der Waals surface area contributed by atoms with E-state index in [1.165, 1.54) is 18.2 Å². The molecule has 0 aliphatic heterocycles. The van der Waals surface area contributed by atoms with Crippen LogP contribution in [0.25, 0.3) is 0 Å². The second-order valence-corrected chi connectivity index (χ2v) is 4.93. The summed E-state index contributed by atoms with van der Waals surface area (Å²) in [5.74, 6) is -1.08. The van der Waals surface area contributed by atoms with E-state index in [9.17, 15) is 34.5 Å². The van der Waals surface area contributed by atoms with Crippen LogP contribution >= 0.6 is 0 Å². The molecule has 0 radical (unpaired) electrons. The van der Waals surface area contributed by atoms with Crippen LogP contribution in [0.3, 0.4) is 0 Å². The van der Waals surface area contributed by atoms with Crippen molar-refractivity contribution in [1.29, 1.82) is 0 Å². The fourth-order valence-corrected chi connectivity index (χ4v) is 2.24. The predicted molar refractivity (Wildman–Crippen MR) is 86.7 cm³/mol. The number of rotatable bonds is 4. The topological polar surface area (TPSA) is 149 Å². The number of hydrogen-bond acceptors (Lipinski definition) is 4. The van der Waals surface area contributed by atoms with Crippen molar-refractivity contribution in [2.75, 3.05) is 0 Å². The summed E-state index contributed by atoms with van der Waals surface area (Å²) >= 11 is 0. The first-order valence-corrected chi connectivity index (χ1v) is 6.95. The molecule has 26 heavy (non-hydrogen) atoms. The van der Waals surface area contributed by atoms with Crippen molar-refractivity contribution < 1.29 is 39.6 Å². The minimum atomic E-state index is -1.53. The van der Waals surface area contributed by atoms with Crippen LogP contribution in [0, 0.1) is 11.8 Å². The van der Waals surface area contributed by atoms with Crippen LogP contribution in [0.1, 0.15) is 52.6 Å². The normalized spacial score (nSPS) is 9.69. The maximum absolute atomic E-state index is 11.4. The molecule has 0 heterocycles. The lowest BCUT2D eigenvalue weighted by Gasteiger charge is -2.05. The summed E-state index contributed by atoms with van der Waals surface area (Å²) in [4.78, 5) is 45.1. The lowest BCUT2D eigenvalue weighted by atomic mass is 9.98. The second kappa shape index (κ2) is 7.19. The van der Waals surface area contributed by atoms with Crippen LogP contribution in [0.15, 0.2) is 36.4 Å². The zero-order valence-electron chi connectivity index (χ0n) is 12.9. The van der Waals surface area contributed by atoms with Gasteiger partial charge in [-0.3, -0.25) is 0 Å². The first-order valence-electron chi connectivity index (χ1n) is 6.95. The standard InChI is InChI=1S/C18H10O8/c19-15(20)11-4-2-5-12(16(21)22)10(11)8-7-9-3-1-6-13(17(23)24)14(9)18(25)26/h1-6H,(H,19,20)(H,21,22)(H,23,24)(H,25,26). The molecule has 130 valence electrons. The lowest BCUT2D eigenvalue weighted by molar-refractivity contribution is 0.0651. The van der Waals surface area contributed by atoms with Gasteiger partial charge in [-0.25, -0.2) is 19.2 Å². The van der Waals surface area contributed by atoms with Gasteiger partial charge >= 0.3 is 23.9 Å². The van der Waals surface area contributed by atoms with Gasteiger partial charge in [-0.15, -0.1) is 0 Å². The summed E-state index contributed by atoms with van der Waals surface area (Å²) < 4.78 is 0. The molecule has 2 rings (SSSR count). The van der Waals surface area contributed by atoms with E-state index in [-0.39, 0.29) is 22.3 Å². The van der Waals surface area contributed by atoms with Gasteiger partial charge in [0.2, 0.25) is 0 Å². The van der Waals surface area contributed by atoms with Gasteiger partial charge in [-0.1, -0.05) is 24.0 Å². The molecule has 0 saturated carbocycles. The number of carboxylic acid groups (broad SMARTS) is 4. The Balaban J connectivity index is 2.74. The van der Waals surface area contributed by atoms with Crippen LogP contribution in [0.5, 0.6) is 0 Å². The Morgan fingerprint density at radius 3 is 1.54 bits per heavy atom. The van der Waals surface area contributed by atoms with Crippen molar-refractivity contribution in [2.45, 2.75) is 0 Å². The maximum Gasteiger partial charge on any atom is 0.337 e. The van der Waals surface area contributed by atoms with Gasteiger partial charge in [-0.2, -0.15) is 0 Å². The Morgan fingerprint density at radius 1 is 0.615 bits per heavy atom. The van der Waals surface area contributed by atoms with E-state index in [1.54, 1.807) is 0 Å². The van der Waals surface area contributed by atoms with Crippen molar-refractivity contribution >= 4 is 23.9 Å². The Hall–Kier alpha value is -4.12. The largest absolute Gasteiger partial charge is 0.478 e. The average Bonchev–Trinajstić information content (AvgIpc) is 2.58. The number of benzene rings is 2. The van der Waals surface area contributed by atoms with Crippen LogP contribution in [-0.4, -0.2) is 44.3 Å². The Labute approximate surface area is 146 Å². The molecular formula is C18H10O8. The molecule has 0 bridgehead atoms. The molecule has 0 aliphatic rings. The Bertz CT molecular complexity index is 975. The van der Waals surface area contributed by atoms with Gasteiger partial charge < -0.3 is 20.4 Å². The van der Waals surface area contributed by atoms with Gasteiger partial charge in [-0.05, 0) is 24.3 Å². The van der Waals surface area contributed by atoms with Crippen LogP contribution < -0.4 is 0 Å². The first-order chi connectivity index (χ1) is 12.2. The summed E-state index contributed by atoms with van der Waals surface area (Å²) in [6.07, 6.45) is 0. The van der Waals surface area contributed by atoms with E-state index in [4.69, 9.17) is 5.11 Å². The molecule has 0 saturated heterocycles. The molecule has 8 heteroatoms. The fraction of sp³-hybridized carbons (Fsp3) is 0. The van der Waals surface area contributed by atoms with Crippen molar-refractivity contribution in [3.05, 3.63) is 69.8 Å². The quantitative estimate of drug-likeness (QED) is 0.608. The van der Waals surface area contributed by atoms with E-state index < -0.39 is 35.0 Å². The monoisotopic (exact) mass is 354 g/mol. The van der Waals surface area contributed by atoms with E-state index >= 15 is 0 Å². The maximum atomic E-state index is 11.4. The number of carboxylic acids is 4.